The summed E-state index contributed by atoms with van der Waals surface area (Å²) >= 11 is 5.24. The molecule has 1 heterocycles. The topological polar surface area (TPSA) is 24.9 Å². The maximum absolute atomic E-state index is 4.68. The normalized spacial score (nSPS) is 22.5. The average molecular weight is 325 g/mol. The molecule has 1 N–H and O–H groups in total. The Balaban J connectivity index is 1.87. The summed E-state index contributed by atoms with van der Waals surface area (Å²) in [6.07, 6.45) is 3.88. The lowest BCUT2D eigenvalue weighted by molar-refractivity contribution is 0.350. The van der Waals surface area contributed by atoms with Gasteiger partial charge in [0.2, 0.25) is 0 Å². The molecule has 4 heteroatoms. The Labute approximate surface area is 120 Å². The molecule has 1 unspecified atom stereocenters. The monoisotopic (exact) mass is 324 g/mol. The second-order valence-electron chi connectivity index (χ2n) is 5.71. The first-order chi connectivity index (χ1) is 8.54. The number of rotatable bonds is 2. The third-order valence-electron chi connectivity index (χ3n) is 3.90. The minimum absolute atomic E-state index is 0.387. The molecule has 3 rings (SSSR count). The van der Waals surface area contributed by atoms with Crippen LogP contribution in [-0.4, -0.2) is 11.0 Å². The SMILES string of the molecule is CC1(C)CCCC1Nc1nc2cc(Br)ccc2s1. The number of fused-ring (bicyclic) bond motifs is 1. The first-order valence-corrected chi connectivity index (χ1v) is 7.98. The molecule has 0 radical (unpaired) electrons. The van der Waals surface area contributed by atoms with E-state index < -0.39 is 0 Å². The quantitative estimate of drug-likeness (QED) is 0.836. The lowest BCUT2D eigenvalue weighted by Gasteiger charge is -2.27. The van der Waals surface area contributed by atoms with E-state index in [0.717, 1.165) is 15.1 Å². The van der Waals surface area contributed by atoms with Crippen LogP contribution in [0.25, 0.3) is 10.2 Å². The molecule has 1 aliphatic rings. The van der Waals surface area contributed by atoms with Gasteiger partial charge in [-0.25, -0.2) is 4.98 Å². The van der Waals surface area contributed by atoms with E-state index in [2.05, 4.69) is 58.3 Å². The molecule has 1 aliphatic carbocycles. The van der Waals surface area contributed by atoms with Crippen molar-refractivity contribution >= 4 is 42.6 Å². The van der Waals surface area contributed by atoms with Crippen LogP contribution in [-0.2, 0) is 0 Å². The van der Waals surface area contributed by atoms with Crippen molar-refractivity contribution in [2.75, 3.05) is 5.32 Å². The molecule has 1 aromatic carbocycles. The van der Waals surface area contributed by atoms with Crippen LogP contribution in [0.4, 0.5) is 5.13 Å². The fourth-order valence-corrected chi connectivity index (χ4v) is 3.95. The highest BCUT2D eigenvalue weighted by Gasteiger charge is 2.34. The van der Waals surface area contributed by atoms with Gasteiger partial charge in [-0.05, 0) is 36.5 Å². The van der Waals surface area contributed by atoms with Crippen LogP contribution >= 0.6 is 27.3 Å². The molecule has 96 valence electrons. The van der Waals surface area contributed by atoms with Crippen LogP contribution in [0.5, 0.6) is 0 Å². The first kappa shape index (κ1) is 12.4. The fourth-order valence-electron chi connectivity index (χ4n) is 2.71. The van der Waals surface area contributed by atoms with Crippen molar-refractivity contribution in [3.05, 3.63) is 22.7 Å². The number of aromatic nitrogens is 1. The van der Waals surface area contributed by atoms with Gasteiger partial charge in [0.05, 0.1) is 10.2 Å². The molecular weight excluding hydrogens is 308 g/mol. The van der Waals surface area contributed by atoms with Gasteiger partial charge in [0.15, 0.2) is 5.13 Å². The van der Waals surface area contributed by atoms with Gasteiger partial charge in [-0.3, -0.25) is 0 Å². The molecule has 1 aromatic heterocycles. The van der Waals surface area contributed by atoms with Gasteiger partial charge < -0.3 is 5.32 Å². The van der Waals surface area contributed by atoms with E-state index in [1.807, 2.05) is 0 Å². The number of benzene rings is 1. The highest BCUT2D eigenvalue weighted by atomic mass is 79.9. The molecule has 0 amide bonds. The van der Waals surface area contributed by atoms with E-state index in [4.69, 9.17) is 0 Å². The van der Waals surface area contributed by atoms with Gasteiger partial charge in [-0.15, -0.1) is 0 Å². The average Bonchev–Trinajstić information content (AvgIpc) is 2.82. The van der Waals surface area contributed by atoms with E-state index in [0.29, 0.717) is 11.5 Å². The maximum atomic E-state index is 4.68. The van der Waals surface area contributed by atoms with E-state index in [1.54, 1.807) is 11.3 Å². The number of anilines is 1. The summed E-state index contributed by atoms with van der Waals surface area (Å²) in [6, 6.07) is 6.84. The highest BCUT2D eigenvalue weighted by Crippen LogP contribution is 2.40. The van der Waals surface area contributed by atoms with Crippen molar-refractivity contribution < 1.29 is 0 Å². The second-order valence-corrected chi connectivity index (χ2v) is 7.66. The summed E-state index contributed by atoms with van der Waals surface area (Å²) in [6.45, 7) is 4.70. The fraction of sp³-hybridized carbons (Fsp3) is 0.500. The van der Waals surface area contributed by atoms with Crippen molar-refractivity contribution in [1.82, 2.24) is 4.98 Å². The van der Waals surface area contributed by atoms with Crippen molar-refractivity contribution in [2.45, 2.75) is 39.2 Å². The molecule has 1 saturated carbocycles. The van der Waals surface area contributed by atoms with Gasteiger partial charge in [0, 0.05) is 10.5 Å². The van der Waals surface area contributed by atoms with Crippen LogP contribution in [0.3, 0.4) is 0 Å². The third-order valence-corrected chi connectivity index (χ3v) is 5.37. The summed E-state index contributed by atoms with van der Waals surface area (Å²) in [5.41, 5.74) is 1.46. The van der Waals surface area contributed by atoms with Gasteiger partial charge >= 0.3 is 0 Å². The standard InChI is InChI=1S/C14H17BrN2S/c1-14(2)7-3-4-12(14)17-13-16-10-8-9(15)5-6-11(10)18-13/h5-6,8,12H,3-4,7H2,1-2H3,(H,16,17). The zero-order chi connectivity index (χ0) is 12.8. The van der Waals surface area contributed by atoms with Crippen molar-refractivity contribution in [3.8, 4) is 0 Å². The van der Waals surface area contributed by atoms with Crippen LogP contribution in [0.2, 0.25) is 0 Å². The minimum atomic E-state index is 0.387. The van der Waals surface area contributed by atoms with E-state index in [1.165, 1.54) is 24.0 Å². The van der Waals surface area contributed by atoms with Crippen LogP contribution in [0, 0.1) is 5.41 Å². The Kier molecular flexibility index (Phi) is 3.10. The predicted octanol–water partition coefficient (Wildman–Crippen LogP) is 5.05. The van der Waals surface area contributed by atoms with Gasteiger partial charge in [0.1, 0.15) is 0 Å². The van der Waals surface area contributed by atoms with Crippen molar-refractivity contribution in [3.63, 3.8) is 0 Å². The highest BCUT2D eigenvalue weighted by molar-refractivity contribution is 9.10. The molecule has 2 nitrogen and oxygen atoms in total. The molecule has 18 heavy (non-hydrogen) atoms. The number of nitrogens with zero attached hydrogens (tertiary/aromatic N) is 1. The van der Waals surface area contributed by atoms with Crippen molar-refractivity contribution in [1.29, 1.82) is 0 Å². The number of hydrogen-bond donors (Lipinski definition) is 1. The zero-order valence-electron chi connectivity index (χ0n) is 10.7. The van der Waals surface area contributed by atoms with Crippen molar-refractivity contribution in [2.24, 2.45) is 5.41 Å². The molecule has 0 bridgehead atoms. The molecule has 0 aliphatic heterocycles. The lowest BCUT2D eigenvalue weighted by Crippen LogP contribution is -2.30. The first-order valence-electron chi connectivity index (χ1n) is 6.37. The Morgan fingerprint density at radius 3 is 3.00 bits per heavy atom. The lowest BCUT2D eigenvalue weighted by atomic mass is 9.87. The number of nitrogens with one attached hydrogen (secondary N) is 1. The predicted molar refractivity (Wildman–Crippen MR) is 82.4 cm³/mol. The smallest absolute Gasteiger partial charge is 0.184 e. The summed E-state index contributed by atoms with van der Waals surface area (Å²) < 4.78 is 2.34. The summed E-state index contributed by atoms with van der Waals surface area (Å²) in [7, 11) is 0. The Morgan fingerprint density at radius 2 is 2.28 bits per heavy atom. The Bertz CT molecular complexity index is 576. The van der Waals surface area contributed by atoms with E-state index in [9.17, 15) is 0 Å². The maximum Gasteiger partial charge on any atom is 0.184 e. The van der Waals surface area contributed by atoms with Gasteiger partial charge in [-0.1, -0.05) is 47.5 Å². The van der Waals surface area contributed by atoms with Gasteiger partial charge in [-0.2, -0.15) is 0 Å². The minimum Gasteiger partial charge on any atom is -0.358 e. The molecule has 0 saturated heterocycles. The van der Waals surface area contributed by atoms with Crippen LogP contribution in [0.15, 0.2) is 22.7 Å². The second kappa shape index (κ2) is 4.49. The molecule has 2 aromatic rings. The number of halogens is 1. The summed E-state index contributed by atoms with van der Waals surface area (Å²) in [5, 5.41) is 4.69. The zero-order valence-corrected chi connectivity index (χ0v) is 13.1. The van der Waals surface area contributed by atoms with Gasteiger partial charge in [0.25, 0.3) is 0 Å². The summed E-state index contributed by atoms with van der Waals surface area (Å²) in [4.78, 5) is 4.68. The molecule has 0 spiro atoms. The van der Waals surface area contributed by atoms with E-state index in [-0.39, 0.29) is 0 Å². The largest absolute Gasteiger partial charge is 0.358 e. The van der Waals surface area contributed by atoms with Crippen LogP contribution < -0.4 is 5.32 Å². The number of hydrogen-bond acceptors (Lipinski definition) is 3. The third kappa shape index (κ3) is 2.28. The van der Waals surface area contributed by atoms with Crippen LogP contribution in [0.1, 0.15) is 33.1 Å². The molecule has 1 atom stereocenters. The Hall–Kier alpha value is -0.610. The summed E-state index contributed by atoms with van der Waals surface area (Å²) in [5.74, 6) is 0. The number of thiazole rings is 1. The van der Waals surface area contributed by atoms with E-state index >= 15 is 0 Å². The molecular formula is C14H17BrN2S. The molecule has 1 fully saturated rings. The Morgan fingerprint density at radius 1 is 1.44 bits per heavy atom.